The maximum atomic E-state index is 13.8. The molecule has 0 amide bonds. The third kappa shape index (κ3) is 19.9. The van der Waals surface area contributed by atoms with E-state index in [9.17, 15) is 117 Å². The van der Waals surface area contributed by atoms with Crippen molar-refractivity contribution in [2.24, 2.45) is 20.0 Å². The molecule has 11 aromatic rings. The fraction of sp³-hybridized carbons (Fsp3) is 0.136. The summed E-state index contributed by atoms with van der Waals surface area (Å²) in [6.45, 7) is -1.62. The molecule has 0 radical (unpaired) electrons. The van der Waals surface area contributed by atoms with E-state index in [1.165, 1.54) is 57.5 Å². The number of fused-ring (bicyclic) bond motifs is 8. The summed E-state index contributed by atoms with van der Waals surface area (Å²) in [6.07, 6.45) is 0. The normalized spacial score (nSPS) is 13.3. The summed E-state index contributed by atoms with van der Waals surface area (Å²) in [5.41, 5.74) is -5.03. The zero-order valence-electron chi connectivity index (χ0n) is 65.3. The lowest BCUT2D eigenvalue weighted by molar-refractivity contribution is 0.428. The lowest BCUT2D eigenvalue weighted by Crippen LogP contribution is -2.27. The highest BCUT2D eigenvalue weighted by Gasteiger charge is 2.40. The minimum absolute atomic E-state index is 0.311. The van der Waals surface area contributed by atoms with E-state index in [2.05, 4.69) is 96.7 Å². The predicted molar refractivity (Wildman–Crippen MR) is 462 cm³/mol. The molecule has 0 bridgehead atoms. The number of aromatic nitrogens is 9. The molecule has 8 aromatic carbocycles. The number of hydrogen-bond acceptors (Lipinski definition) is 44. The van der Waals surface area contributed by atoms with Gasteiger partial charge in [0, 0.05) is 40.8 Å². The zero-order valence-corrected chi connectivity index (χ0v) is 75.7. The number of para-hydroxylation sites is 2. The molecule has 0 spiro atoms. The molecule has 0 aliphatic carbocycles. The number of nitrogens with one attached hydrogen (secondary N) is 6. The number of ether oxygens (including phenoxy) is 4. The molecule has 15 rings (SSSR count). The van der Waals surface area contributed by atoms with Crippen LogP contribution in [0.4, 0.5) is 110 Å². The maximum absolute atomic E-state index is 13.8. The minimum atomic E-state index is -5.64. The van der Waals surface area contributed by atoms with Crippen LogP contribution in [0.25, 0.3) is 0 Å². The van der Waals surface area contributed by atoms with E-state index in [0.717, 1.165) is 75.4 Å². The van der Waals surface area contributed by atoms with E-state index in [4.69, 9.17) is 65.4 Å². The van der Waals surface area contributed by atoms with Gasteiger partial charge >= 0.3 is 0 Å². The third-order valence-corrected chi connectivity index (χ3v) is 27.4. The van der Waals surface area contributed by atoms with Crippen LogP contribution in [0.15, 0.2) is 146 Å². The number of benzene rings is 8. The molecule has 0 atom stereocenters. The lowest BCUT2D eigenvalue weighted by atomic mass is 10.2. The van der Waals surface area contributed by atoms with Crippen LogP contribution >= 0.6 is 46.4 Å². The second-order valence-corrected chi connectivity index (χ2v) is 42.0. The molecule has 132 heavy (non-hydrogen) atoms. The molecule has 0 unspecified atom stereocenters. The van der Waals surface area contributed by atoms with Crippen molar-refractivity contribution in [1.29, 1.82) is 0 Å². The number of anilines is 15. The predicted octanol–water partition coefficient (Wildman–Crippen LogP) is 7.00. The average molecular weight is 2080 g/mol. The standard InChI is InChI=1S/C66H52Cl4N22O31S9/c1-90(20-23-124(93,94)95)64-84-58(75-26-8-4-6-10-36(26)127(102,103)104)81-60(86-64)77-32-16-12-28-46(54(32)129(108,109)110)120-50-38(67)44-52(40(69)42(50)71-28)122-48-30(73-44)14-18-34(56(48)131(114,115)116)79-62-83-63(89-66(88-62)92(3)22-25-126(99,100)101)80-35-19-15-31-49(57(35)132(117,118)119)123-53-41(70)43-51(39(68)45(53)74-31)121-47-29(72-43)13-17-33(55(47)130(111,112)113)78-61-82-59(76-27-9-5-7-11-37(27)128(105,106)107)85-65(87-61)91(2)21-24-125(96,97)98/h4-19H,20-25H2,1-3H3,(H,93,94,95)(H,96,97,98)(H,99,100,101)(H,102,103,104)(H,105,106,107)(H,108,109,110)(H,111,112,113)(H,114,115,116)(H,117,118,119)(H2,75,77,81,84,86)(H2,76,78,82,85,87)(H2,79,80,83,88,89). The Bertz CT molecular complexity index is 7860. The second kappa shape index (κ2) is 34.4. The van der Waals surface area contributed by atoms with Crippen LogP contribution in [-0.2, 0) is 91.1 Å². The molecule has 7 heterocycles. The first-order valence-corrected chi connectivity index (χ1v) is 50.7. The van der Waals surface area contributed by atoms with Gasteiger partial charge in [-0.2, -0.15) is 121 Å². The summed E-state index contributed by atoms with van der Waals surface area (Å²) in [5, 5.41) is 11.0. The Morgan fingerprint density at radius 3 is 0.674 bits per heavy atom. The van der Waals surface area contributed by atoms with Crippen LogP contribution in [0.2, 0.25) is 20.1 Å². The van der Waals surface area contributed by atoms with Crippen molar-refractivity contribution < 1.29 is 136 Å². The third-order valence-electron chi connectivity index (χ3n) is 18.4. The highest BCUT2D eigenvalue weighted by atomic mass is 35.5. The Morgan fingerprint density at radius 1 is 0.273 bits per heavy atom. The highest BCUT2D eigenvalue weighted by Crippen LogP contribution is 2.53. The molecule has 15 N–H and O–H groups in total. The first-order chi connectivity index (χ1) is 61.4. The molecule has 66 heteroatoms. The van der Waals surface area contributed by atoms with E-state index in [1.807, 2.05) is 0 Å². The molecular formula is C66H52Cl4N22O31S9. The van der Waals surface area contributed by atoms with Crippen LogP contribution in [0.3, 0.4) is 0 Å². The van der Waals surface area contributed by atoms with Gasteiger partial charge in [-0.15, -0.1) is 0 Å². The van der Waals surface area contributed by atoms with Gasteiger partial charge in [-0.05, 0) is 72.8 Å². The molecule has 0 saturated carbocycles. The van der Waals surface area contributed by atoms with Crippen molar-refractivity contribution in [2.45, 2.75) is 29.4 Å². The van der Waals surface area contributed by atoms with Gasteiger partial charge in [-0.3, -0.25) is 41.0 Å². The van der Waals surface area contributed by atoms with Crippen molar-refractivity contribution in [3.63, 3.8) is 0 Å². The Hall–Kier alpha value is -12.3. The number of nitrogens with zero attached hydrogens (tertiary/aromatic N) is 16. The van der Waals surface area contributed by atoms with E-state index in [1.54, 1.807) is 0 Å². The first-order valence-electron chi connectivity index (χ1n) is 35.7. The van der Waals surface area contributed by atoms with E-state index < -0.39 is 344 Å². The van der Waals surface area contributed by atoms with Crippen LogP contribution in [0, 0.1) is 0 Å². The molecule has 694 valence electrons. The monoisotopic (exact) mass is 2080 g/mol. The molecule has 53 nitrogen and oxygen atoms in total. The van der Waals surface area contributed by atoms with Gasteiger partial charge in [-0.25, -0.2) is 20.0 Å². The second-order valence-electron chi connectivity index (χ2n) is 27.5. The van der Waals surface area contributed by atoms with E-state index in [0.29, 0.717) is 0 Å². The summed E-state index contributed by atoms with van der Waals surface area (Å²) in [4.78, 5) is 52.7. The van der Waals surface area contributed by atoms with Gasteiger partial charge in [0.2, 0.25) is 53.5 Å². The fourth-order valence-electron chi connectivity index (χ4n) is 12.6. The number of hydrogen-bond donors (Lipinski definition) is 15. The largest absolute Gasteiger partial charge is 0.450 e. The molecule has 3 aromatic heterocycles. The SMILES string of the molecule is CN(CCS(=O)(=O)O)c1nc(Nc2ccccc2S(=O)(=O)O)nc(Nc2ccc3c(c2S(=O)(=O)O)Oc2c(Cl)c4c(c(Cl)c2=N3)Oc2c(ccc(Nc3nc(Nc5ccc6c(c5S(=O)(=O)O)Oc5c(Cl)c7c(c(Cl)c5=N6)Oc5c(ccc(Nc6nc(Nc8ccccc8S(=O)(=O)O)nc(N(C)CCS(=O)(=O)O)n6)c5S(=O)(=O)O)N=7)nc(N(C)CCS(=O)(=O)O)n3)c2S(=O)(=O)O)N=4)n1. The van der Waals surface area contributed by atoms with Gasteiger partial charge in [0.1, 0.15) is 74.1 Å². The lowest BCUT2D eigenvalue weighted by Gasteiger charge is -2.24. The summed E-state index contributed by atoms with van der Waals surface area (Å²) < 4.78 is 347. The minimum Gasteiger partial charge on any atom is -0.450 e. The zero-order chi connectivity index (χ0) is 95.7. The Morgan fingerprint density at radius 2 is 0.477 bits per heavy atom. The van der Waals surface area contributed by atoms with Crippen molar-refractivity contribution in [3.05, 3.63) is 139 Å². The highest BCUT2D eigenvalue weighted by molar-refractivity contribution is 7.88. The Kier molecular flexibility index (Phi) is 24.6. The Labute approximate surface area is 761 Å². The molecule has 4 aliphatic heterocycles. The fourth-order valence-corrected chi connectivity index (χ4v) is 19.5. The van der Waals surface area contributed by atoms with E-state index in [-0.39, 0.29) is 11.4 Å². The maximum Gasteiger partial charge on any atom is 0.300 e. The summed E-state index contributed by atoms with van der Waals surface area (Å²) >= 11 is 27.9. The summed E-state index contributed by atoms with van der Waals surface area (Å²) in [5.74, 6) is -13.6. The van der Waals surface area contributed by atoms with Gasteiger partial charge in [0.05, 0.1) is 51.4 Å². The van der Waals surface area contributed by atoms with Crippen LogP contribution in [0.1, 0.15) is 0 Å². The van der Waals surface area contributed by atoms with Crippen LogP contribution < -0.4 is 87.0 Å². The van der Waals surface area contributed by atoms with Crippen molar-refractivity contribution in [2.75, 3.05) is 105 Å². The van der Waals surface area contributed by atoms with Crippen LogP contribution in [0.5, 0.6) is 46.0 Å². The van der Waals surface area contributed by atoms with E-state index >= 15 is 0 Å². The molecule has 4 aliphatic rings. The molecular weight excluding hydrogens is 2030 g/mol. The van der Waals surface area contributed by atoms with Crippen molar-refractivity contribution in [3.8, 4) is 46.0 Å². The van der Waals surface area contributed by atoms with Gasteiger partial charge in [-0.1, -0.05) is 70.7 Å². The van der Waals surface area contributed by atoms with Crippen molar-refractivity contribution >= 4 is 248 Å². The topological polar surface area (TPSA) is 774 Å². The first kappa shape index (κ1) is 94.4. The quantitative estimate of drug-likeness (QED) is 0.0201. The number of halogens is 4. The molecule has 0 fully saturated rings. The average Bonchev–Trinajstić information content (AvgIpc) is 0.723. The number of rotatable bonds is 30. The van der Waals surface area contributed by atoms with Crippen molar-refractivity contribution in [1.82, 2.24) is 44.9 Å². The van der Waals surface area contributed by atoms with Gasteiger partial charge < -0.3 is 65.5 Å². The summed E-state index contributed by atoms with van der Waals surface area (Å²) in [7, 11) is -42.4. The van der Waals surface area contributed by atoms with Gasteiger partial charge in [0.25, 0.3) is 91.1 Å². The van der Waals surface area contributed by atoms with Crippen LogP contribution in [-0.4, -0.2) is 220 Å². The Balaban J connectivity index is 0.750. The molecule has 0 saturated heterocycles. The summed E-state index contributed by atoms with van der Waals surface area (Å²) in [6, 6.07) is 17.8. The smallest absolute Gasteiger partial charge is 0.300 e. The van der Waals surface area contributed by atoms with Gasteiger partial charge in [0.15, 0.2) is 65.6 Å².